The van der Waals surface area contributed by atoms with E-state index in [1.165, 1.54) is 7.11 Å². The third-order valence-corrected chi connectivity index (χ3v) is 5.85. The number of nitrogens with zero attached hydrogens (tertiary/aromatic N) is 3. The van der Waals surface area contributed by atoms with Crippen molar-refractivity contribution in [3.63, 3.8) is 0 Å². The number of aliphatic hydroxyl groups is 1. The Morgan fingerprint density at radius 1 is 1.28 bits per heavy atom. The number of methoxy groups -OCH3 is 1. The maximum atomic E-state index is 11.7. The highest BCUT2D eigenvalue weighted by molar-refractivity contribution is 5.89. The molecule has 1 N–H and O–H groups in total. The standard InChI is InChI=1S/C21H27N3O5/c1-12(2)19-22-21(29-23-19)24-10-14-8-17(25)18(9-15(14)11-24)28-16-6-4-5-13(7-16)20(26)27-3/h4-7,12,14-15,17-18,25H,8-11H2,1-3H3/t14-,15+,17+,18+/m0/s1. The molecule has 2 aromatic rings. The van der Waals surface area contributed by atoms with Gasteiger partial charge in [0, 0.05) is 19.0 Å². The largest absolute Gasteiger partial charge is 0.488 e. The second kappa shape index (κ2) is 8.02. The van der Waals surface area contributed by atoms with E-state index in [2.05, 4.69) is 15.0 Å². The topological polar surface area (TPSA) is 97.9 Å². The molecule has 1 aromatic heterocycles. The molecule has 2 heterocycles. The minimum absolute atomic E-state index is 0.220. The van der Waals surface area contributed by atoms with Crippen LogP contribution in [0.3, 0.4) is 0 Å². The highest BCUT2D eigenvalue weighted by Crippen LogP contribution is 2.39. The quantitative estimate of drug-likeness (QED) is 0.764. The second-order valence-corrected chi connectivity index (χ2v) is 8.23. The number of anilines is 1. The van der Waals surface area contributed by atoms with Crippen LogP contribution in [0.5, 0.6) is 5.75 Å². The summed E-state index contributed by atoms with van der Waals surface area (Å²) >= 11 is 0. The number of ether oxygens (including phenoxy) is 2. The van der Waals surface area contributed by atoms with Crippen LogP contribution in [0.1, 0.15) is 48.8 Å². The molecule has 0 spiro atoms. The number of carbonyl (C=O) groups is 1. The maximum Gasteiger partial charge on any atom is 0.337 e. The van der Waals surface area contributed by atoms with Gasteiger partial charge in [0.15, 0.2) is 5.82 Å². The van der Waals surface area contributed by atoms with Crippen LogP contribution >= 0.6 is 0 Å². The van der Waals surface area contributed by atoms with Crippen molar-refractivity contribution in [1.82, 2.24) is 10.1 Å². The fourth-order valence-electron chi connectivity index (χ4n) is 4.25. The molecule has 2 fully saturated rings. The molecule has 8 heteroatoms. The number of aliphatic hydroxyl groups excluding tert-OH is 1. The van der Waals surface area contributed by atoms with E-state index in [-0.39, 0.29) is 12.0 Å². The predicted octanol–water partition coefficient (Wildman–Crippen LogP) is 2.63. The molecule has 4 atom stereocenters. The first-order valence-electron chi connectivity index (χ1n) is 10.1. The number of hydrogen-bond acceptors (Lipinski definition) is 8. The summed E-state index contributed by atoms with van der Waals surface area (Å²) in [6.45, 7) is 5.67. The Hall–Kier alpha value is -2.61. The van der Waals surface area contributed by atoms with Crippen molar-refractivity contribution >= 4 is 12.0 Å². The molecule has 0 unspecified atom stereocenters. The van der Waals surface area contributed by atoms with E-state index in [1.807, 2.05) is 13.8 Å². The molecular formula is C21H27N3O5. The van der Waals surface area contributed by atoms with Gasteiger partial charge in [-0.25, -0.2) is 4.79 Å². The zero-order valence-corrected chi connectivity index (χ0v) is 16.9. The summed E-state index contributed by atoms with van der Waals surface area (Å²) in [5.41, 5.74) is 0.428. The summed E-state index contributed by atoms with van der Waals surface area (Å²) in [5.74, 6) is 1.82. The van der Waals surface area contributed by atoms with Gasteiger partial charge in [0.2, 0.25) is 0 Å². The van der Waals surface area contributed by atoms with Crippen molar-refractivity contribution in [3.05, 3.63) is 35.7 Å². The summed E-state index contributed by atoms with van der Waals surface area (Å²) in [6, 6.07) is 7.42. The predicted molar refractivity (Wildman–Crippen MR) is 105 cm³/mol. The smallest absolute Gasteiger partial charge is 0.337 e. The number of benzene rings is 1. The minimum Gasteiger partial charge on any atom is -0.488 e. The van der Waals surface area contributed by atoms with Gasteiger partial charge in [-0.05, 0) is 42.9 Å². The highest BCUT2D eigenvalue weighted by Gasteiger charge is 2.44. The van der Waals surface area contributed by atoms with Gasteiger partial charge in [-0.3, -0.25) is 0 Å². The van der Waals surface area contributed by atoms with Crippen LogP contribution in [0, 0.1) is 11.8 Å². The van der Waals surface area contributed by atoms with Gasteiger partial charge < -0.3 is 24.0 Å². The lowest BCUT2D eigenvalue weighted by Crippen LogP contribution is -2.42. The van der Waals surface area contributed by atoms with E-state index in [9.17, 15) is 9.90 Å². The molecule has 4 rings (SSSR count). The van der Waals surface area contributed by atoms with Crippen LogP contribution < -0.4 is 9.64 Å². The maximum absolute atomic E-state index is 11.7. The number of hydrogen-bond donors (Lipinski definition) is 1. The molecule has 1 aromatic carbocycles. The van der Waals surface area contributed by atoms with Crippen molar-refractivity contribution < 1.29 is 23.9 Å². The second-order valence-electron chi connectivity index (χ2n) is 8.23. The van der Waals surface area contributed by atoms with Crippen molar-refractivity contribution in [1.29, 1.82) is 0 Å². The van der Waals surface area contributed by atoms with Crippen molar-refractivity contribution in [2.75, 3.05) is 25.1 Å². The molecule has 29 heavy (non-hydrogen) atoms. The highest BCUT2D eigenvalue weighted by atomic mass is 16.5. The molecule has 1 saturated heterocycles. The molecule has 1 aliphatic heterocycles. The average molecular weight is 401 g/mol. The summed E-state index contributed by atoms with van der Waals surface area (Å²) < 4.78 is 16.3. The SMILES string of the molecule is COC(=O)c1cccc(O[C@@H]2C[C@@H]3CN(c4nc(C(C)C)no4)C[C@@H]3C[C@H]2O)c1. The molecule has 8 nitrogen and oxygen atoms in total. The first-order chi connectivity index (χ1) is 13.9. The Bertz CT molecular complexity index is 868. The van der Waals surface area contributed by atoms with Crippen LogP contribution in [-0.2, 0) is 4.74 Å². The summed E-state index contributed by atoms with van der Waals surface area (Å²) in [7, 11) is 1.35. The molecule has 0 radical (unpaired) electrons. The number of fused-ring (bicyclic) bond motifs is 1. The zero-order valence-electron chi connectivity index (χ0n) is 16.9. The fraction of sp³-hybridized carbons (Fsp3) is 0.571. The Morgan fingerprint density at radius 2 is 2.03 bits per heavy atom. The van der Waals surface area contributed by atoms with Crippen LogP contribution in [0.25, 0.3) is 0 Å². The van der Waals surface area contributed by atoms with E-state index >= 15 is 0 Å². The van der Waals surface area contributed by atoms with Gasteiger partial charge in [-0.15, -0.1) is 0 Å². The summed E-state index contributed by atoms with van der Waals surface area (Å²) in [4.78, 5) is 18.3. The first-order valence-corrected chi connectivity index (χ1v) is 10.1. The molecule has 0 amide bonds. The van der Waals surface area contributed by atoms with Gasteiger partial charge in [0.1, 0.15) is 11.9 Å². The first kappa shape index (κ1) is 19.7. The zero-order chi connectivity index (χ0) is 20.5. The van der Waals surface area contributed by atoms with Crippen LogP contribution in [0.15, 0.2) is 28.8 Å². The van der Waals surface area contributed by atoms with Crippen LogP contribution in [0.2, 0.25) is 0 Å². The van der Waals surface area contributed by atoms with E-state index in [0.29, 0.717) is 41.4 Å². The lowest BCUT2D eigenvalue weighted by atomic mass is 9.78. The van der Waals surface area contributed by atoms with Gasteiger partial charge in [0.05, 0.1) is 18.8 Å². The normalized spacial score (nSPS) is 26.4. The Kier molecular flexibility index (Phi) is 5.45. The summed E-state index contributed by atoms with van der Waals surface area (Å²) in [5, 5.41) is 14.7. The van der Waals surface area contributed by atoms with Crippen molar-refractivity contribution in [2.45, 2.75) is 44.8 Å². The number of aromatic nitrogens is 2. The number of rotatable bonds is 5. The lowest BCUT2D eigenvalue weighted by molar-refractivity contribution is -0.0231. The van der Waals surface area contributed by atoms with Gasteiger partial charge in [-0.1, -0.05) is 25.1 Å². The fourth-order valence-corrected chi connectivity index (χ4v) is 4.25. The monoisotopic (exact) mass is 401 g/mol. The third kappa shape index (κ3) is 4.07. The van der Waals surface area contributed by atoms with Crippen molar-refractivity contribution in [3.8, 4) is 5.75 Å². The molecule has 2 aliphatic rings. The van der Waals surface area contributed by atoms with E-state index < -0.39 is 12.1 Å². The molecule has 1 saturated carbocycles. The molecule has 1 aliphatic carbocycles. The molecule has 0 bridgehead atoms. The van der Waals surface area contributed by atoms with E-state index in [0.717, 1.165) is 19.5 Å². The van der Waals surface area contributed by atoms with Gasteiger partial charge in [0.25, 0.3) is 0 Å². The molecule has 156 valence electrons. The Balaban J connectivity index is 1.42. The Labute approximate surface area is 169 Å². The summed E-state index contributed by atoms with van der Waals surface area (Å²) in [6.07, 6.45) is 0.508. The Morgan fingerprint density at radius 3 is 2.72 bits per heavy atom. The van der Waals surface area contributed by atoms with E-state index in [1.54, 1.807) is 24.3 Å². The third-order valence-electron chi connectivity index (χ3n) is 5.85. The number of esters is 1. The van der Waals surface area contributed by atoms with Crippen LogP contribution in [-0.4, -0.2) is 53.6 Å². The number of carbonyl (C=O) groups excluding carboxylic acids is 1. The van der Waals surface area contributed by atoms with E-state index in [4.69, 9.17) is 14.0 Å². The van der Waals surface area contributed by atoms with Gasteiger partial charge in [-0.2, -0.15) is 4.98 Å². The van der Waals surface area contributed by atoms with Crippen LogP contribution in [0.4, 0.5) is 6.01 Å². The van der Waals surface area contributed by atoms with Gasteiger partial charge >= 0.3 is 12.0 Å². The molecular weight excluding hydrogens is 374 g/mol. The lowest BCUT2D eigenvalue weighted by Gasteiger charge is -2.35. The van der Waals surface area contributed by atoms with Crippen molar-refractivity contribution in [2.24, 2.45) is 11.8 Å². The average Bonchev–Trinajstić information content (AvgIpc) is 3.35. The minimum atomic E-state index is -0.563.